The maximum atomic E-state index is 6.24. The number of benzene rings is 2. The van der Waals surface area contributed by atoms with Crippen LogP contribution in [-0.2, 0) is 0 Å². The summed E-state index contributed by atoms with van der Waals surface area (Å²) in [5, 5.41) is 1.45. The van der Waals surface area contributed by atoms with Crippen molar-refractivity contribution in [2.75, 3.05) is 0 Å². The van der Waals surface area contributed by atoms with Crippen molar-refractivity contribution in [1.29, 1.82) is 0 Å². The van der Waals surface area contributed by atoms with Crippen molar-refractivity contribution >= 4 is 44.8 Å². The summed E-state index contributed by atoms with van der Waals surface area (Å²) < 4.78 is 4.17. The SMILES string of the molecule is Clc1ccc(-n2cccc2)c(SSc2cc(Cl)ccc2-n2cccc2)c1. The lowest BCUT2D eigenvalue weighted by Crippen LogP contribution is -1.93. The smallest absolute Gasteiger partial charge is 0.0595 e. The normalized spacial score (nSPS) is 11.0. The van der Waals surface area contributed by atoms with Crippen LogP contribution >= 0.6 is 44.8 Å². The van der Waals surface area contributed by atoms with Gasteiger partial charge in [0.05, 0.1) is 11.4 Å². The van der Waals surface area contributed by atoms with E-state index in [2.05, 4.69) is 9.13 Å². The summed E-state index contributed by atoms with van der Waals surface area (Å²) in [6, 6.07) is 19.9. The van der Waals surface area contributed by atoms with Gasteiger partial charge in [-0.25, -0.2) is 0 Å². The van der Waals surface area contributed by atoms with Crippen LogP contribution in [-0.4, -0.2) is 9.13 Å². The van der Waals surface area contributed by atoms with Gasteiger partial charge < -0.3 is 9.13 Å². The van der Waals surface area contributed by atoms with E-state index >= 15 is 0 Å². The first-order valence-electron chi connectivity index (χ1n) is 7.91. The molecule has 0 N–H and O–H groups in total. The minimum Gasteiger partial charge on any atom is -0.323 e. The summed E-state index contributed by atoms with van der Waals surface area (Å²) >= 11 is 12.5. The molecule has 0 fully saturated rings. The number of rotatable bonds is 5. The fourth-order valence-corrected chi connectivity index (χ4v) is 5.48. The van der Waals surface area contributed by atoms with Crippen LogP contribution in [0.1, 0.15) is 0 Å². The van der Waals surface area contributed by atoms with E-state index in [9.17, 15) is 0 Å². The molecule has 0 bridgehead atoms. The van der Waals surface area contributed by atoms with E-state index in [0.717, 1.165) is 31.2 Å². The number of halogens is 2. The standard InChI is InChI=1S/C20H14Cl2N2S2/c21-15-5-7-17(23-9-1-2-10-23)19(13-15)25-26-20-14-16(22)6-8-18(20)24-11-3-4-12-24/h1-14H. The van der Waals surface area contributed by atoms with Crippen molar-refractivity contribution in [2.45, 2.75) is 9.79 Å². The molecule has 0 unspecified atom stereocenters. The van der Waals surface area contributed by atoms with Gasteiger partial charge in [0.2, 0.25) is 0 Å². The first kappa shape index (κ1) is 17.7. The predicted octanol–water partition coefficient (Wildman–Crippen LogP) is 7.37. The number of aromatic nitrogens is 2. The van der Waals surface area contributed by atoms with Crippen LogP contribution in [0.2, 0.25) is 10.0 Å². The van der Waals surface area contributed by atoms with Gasteiger partial charge >= 0.3 is 0 Å². The molecule has 0 aliphatic rings. The monoisotopic (exact) mass is 416 g/mol. The van der Waals surface area contributed by atoms with Crippen molar-refractivity contribution in [1.82, 2.24) is 9.13 Å². The molecule has 2 aromatic carbocycles. The van der Waals surface area contributed by atoms with E-state index in [1.807, 2.05) is 85.5 Å². The summed E-state index contributed by atoms with van der Waals surface area (Å²) in [5.74, 6) is 0. The molecule has 0 saturated carbocycles. The third-order valence-electron chi connectivity index (χ3n) is 3.83. The molecule has 0 atom stereocenters. The third kappa shape index (κ3) is 3.84. The molecule has 2 nitrogen and oxygen atoms in total. The molecular weight excluding hydrogens is 403 g/mol. The van der Waals surface area contributed by atoms with Crippen LogP contribution in [0, 0.1) is 0 Å². The topological polar surface area (TPSA) is 9.86 Å². The zero-order valence-electron chi connectivity index (χ0n) is 13.5. The Labute approximate surface area is 170 Å². The van der Waals surface area contributed by atoms with E-state index in [4.69, 9.17) is 23.2 Å². The molecular formula is C20H14Cl2N2S2. The Balaban J connectivity index is 1.67. The highest BCUT2D eigenvalue weighted by atomic mass is 35.5. The summed E-state index contributed by atoms with van der Waals surface area (Å²) in [7, 11) is 3.34. The van der Waals surface area contributed by atoms with Gasteiger partial charge in [-0.3, -0.25) is 0 Å². The highest BCUT2D eigenvalue weighted by Crippen LogP contribution is 2.44. The quantitative estimate of drug-likeness (QED) is 0.314. The Morgan fingerprint density at radius 2 is 0.962 bits per heavy atom. The molecule has 6 heteroatoms. The molecule has 0 spiro atoms. The van der Waals surface area contributed by atoms with Crippen LogP contribution in [0.15, 0.2) is 95.2 Å². The summed E-state index contributed by atoms with van der Waals surface area (Å²) in [4.78, 5) is 2.19. The third-order valence-corrected chi connectivity index (χ3v) is 6.72. The molecule has 0 aliphatic heterocycles. The second kappa shape index (κ2) is 7.89. The average molecular weight is 417 g/mol. The van der Waals surface area contributed by atoms with Gasteiger partial charge in [-0.1, -0.05) is 44.8 Å². The van der Waals surface area contributed by atoms with Gasteiger partial charge in [0.1, 0.15) is 0 Å². The Kier molecular flexibility index (Phi) is 5.36. The summed E-state index contributed by atoms with van der Waals surface area (Å²) in [5.41, 5.74) is 2.20. The zero-order chi connectivity index (χ0) is 17.9. The Hall–Kier alpha value is -1.72. The maximum absolute atomic E-state index is 6.24. The van der Waals surface area contributed by atoms with Gasteiger partial charge in [0.15, 0.2) is 0 Å². The fraction of sp³-hybridized carbons (Fsp3) is 0. The number of hydrogen-bond donors (Lipinski definition) is 0. The van der Waals surface area contributed by atoms with E-state index in [0.29, 0.717) is 0 Å². The lowest BCUT2D eigenvalue weighted by molar-refractivity contribution is 1.04. The number of hydrogen-bond acceptors (Lipinski definition) is 2. The van der Waals surface area contributed by atoms with Gasteiger partial charge in [0, 0.05) is 44.6 Å². The van der Waals surface area contributed by atoms with E-state index in [1.165, 1.54) is 0 Å². The molecule has 2 aromatic heterocycles. The van der Waals surface area contributed by atoms with Crippen LogP contribution in [0.25, 0.3) is 11.4 Å². The predicted molar refractivity (Wildman–Crippen MR) is 113 cm³/mol. The van der Waals surface area contributed by atoms with Crippen molar-refractivity contribution in [3.63, 3.8) is 0 Å². The van der Waals surface area contributed by atoms with Gasteiger partial charge in [0.25, 0.3) is 0 Å². The minimum atomic E-state index is 0.723. The zero-order valence-corrected chi connectivity index (χ0v) is 16.7. The fourth-order valence-electron chi connectivity index (χ4n) is 2.62. The summed E-state index contributed by atoms with van der Waals surface area (Å²) in [6.07, 6.45) is 8.12. The minimum absolute atomic E-state index is 0.723. The lowest BCUT2D eigenvalue weighted by atomic mass is 10.3. The van der Waals surface area contributed by atoms with Crippen LogP contribution in [0.4, 0.5) is 0 Å². The Morgan fingerprint density at radius 1 is 0.577 bits per heavy atom. The van der Waals surface area contributed by atoms with Crippen LogP contribution < -0.4 is 0 Å². The number of nitrogens with zero attached hydrogens (tertiary/aromatic N) is 2. The summed E-state index contributed by atoms with van der Waals surface area (Å²) in [6.45, 7) is 0. The van der Waals surface area contributed by atoms with E-state index in [1.54, 1.807) is 21.6 Å². The Morgan fingerprint density at radius 3 is 1.35 bits per heavy atom. The molecule has 0 amide bonds. The first-order valence-corrected chi connectivity index (χ1v) is 10.8. The van der Waals surface area contributed by atoms with Gasteiger partial charge in [-0.2, -0.15) is 0 Å². The maximum Gasteiger partial charge on any atom is 0.0595 e. The molecule has 0 saturated heterocycles. The van der Waals surface area contributed by atoms with Crippen molar-refractivity contribution in [2.24, 2.45) is 0 Å². The second-order valence-corrected chi connectivity index (χ2v) is 8.66. The van der Waals surface area contributed by atoms with Gasteiger partial charge in [-0.05, 0) is 60.7 Å². The Bertz CT molecular complexity index is 929. The van der Waals surface area contributed by atoms with Crippen LogP contribution in [0.5, 0.6) is 0 Å². The first-order chi connectivity index (χ1) is 12.7. The lowest BCUT2D eigenvalue weighted by Gasteiger charge is -2.13. The molecule has 2 heterocycles. The van der Waals surface area contributed by atoms with E-state index < -0.39 is 0 Å². The van der Waals surface area contributed by atoms with Crippen molar-refractivity contribution in [3.05, 3.63) is 95.5 Å². The molecule has 4 aromatic rings. The second-order valence-electron chi connectivity index (χ2n) is 5.57. The highest BCUT2D eigenvalue weighted by Gasteiger charge is 2.11. The van der Waals surface area contributed by atoms with E-state index in [-0.39, 0.29) is 0 Å². The van der Waals surface area contributed by atoms with Crippen molar-refractivity contribution < 1.29 is 0 Å². The highest BCUT2D eigenvalue weighted by molar-refractivity contribution is 8.76. The molecule has 130 valence electrons. The molecule has 0 radical (unpaired) electrons. The average Bonchev–Trinajstić information content (AvgIpc) is 3.34. The largest absolute Gasteiger partial charge is 0.323 e. The van der Waals surface area contributed by atoms with Crippen molar-refractivity contribution in [3.8, 4) is 11.4 Å². The van der Waals surface area contributed by atoms with Gasteiger partial charge in [-0.15, -0.1) is 0 Å². The molecule has 4 rings (SSSR count). The van der Waals surface area contributed by atoms with Crippen LogP contribution in [0.3, 0.4) is 0 Å². The molecule has 26 heavy (non-hydrogen) atoms. The molecule has 0 aliphatic carbocycles.